The molecule has 0 spiro atoms. The van der Waals surface area contributed by atoms with E-state index in [-0.39, 0.29) is 24.2 Å². The van der Waals surface area contributed by atoms with Gasteiger partial charge < -0.3 is 15.8 Å². The van der Waals surface area contributed by atoms with Gasteiger partial charge in [0.25, 0.3) is 0 Å². The normalized spacial score (nSPS) is 14.3. The van der Waals surface area contributed by atoms with Crippen LogP contribution in [0.25, 0.3) is 0 Å². The van der Waals surface area contributed by atoms with Gasteiger partial charge in [-0.25, -0.2) is 4.79 Å². The van der Waals surface area contributed by atoms with Gasteiger partial charge in [-0.1, -0.05) is 27.7 Å². The van der Waals surface area contributed by atoms with Crippen LogP contribution in [-0.2, 0) is 14.3 Å². The lowest BCUT2D eigenvalue weighted by Crippen LogP contribution is -2.50. The number of nitrogens with two attached hydrogens (primary N) is 1. The first-order valence-corrected chi connectivity index (χ1v) is 7.71. The molecular formula is C16H33ClN2O3. The number of carbonyl (C=O) groups excluding carboxylic acids is 2. The summed E-state index contributed by atoms with van der Waals surface area (Å²) in [5.41, 5.74) is 5.29. The molecule has 3 N–H and O–H groups in total. The van der Waals surface area contributed by atoms with Crippen molar-refractivity contribution < 1.29 is 14.3 Å². The number of ether oxygens (including phenoxy) is 1. The van der Waals surface area contributed by atoms with E-state index in [0.717, 1.165) is 0 Å². The molecule has 0 saturated heterocycles. The van der Waals surface area contributed by atoms with Crippen LogP contribution in [0.1, 0.15) is 61.3 Å². The summed E-state index contributed by atoms with van der Waals surface area (Å²) < 4.78 is 5.37. The fourth-order valence-corrected chi connectivity index (χ4v) is 1.95. The molecule has 0 aromatic carbocycles. The number of amides is 1. The van der Waals surface area contributed by atoms with Gasteiger partial charge in [-0.05, 0) is 45.4 Å². The number of hydrogen-bond acceptors (Lipinski definition) is 4. The number of carbonyl (C=O) groups is 2. The zero-order valence-electron chi connectivity index (χ0n) is 14.9. The summed E-state index contributed by atoms with van der Waals surface area (Å²) in [4.78, 5) is 24.3. The summed E-state index contributed by atoms with van der Waals surface area (Å²) in [6, 6.07) is -1.24. The predicted molar refractivity (Wildman–Crippen MR) is 91.9 cm³/mol. The molecule has 22 heavy (non-hydrogen) atoms. The summed E-state index contributed by atoms with van der Waals surface area (Å²) in [6.45, 7) is 13.4. The van der Waals surface area contributed by atoms with Crippen LogP contribution in [-0.4, -0.2) is 29.6 Å². The smallest absolute Gasteiger partial charge is 0.329 e. The SMILES string of the molecule is CC(C)C[C@H](NC(=O)[C@@H](N)CC(C)C)C(=O)OC(C)(C)C.Cl. The largest absolute Gasteiger partial charge is 0.458 e. The second-order valence-electron chi connectivity index (χ2n) is 7.46. The van der Waals surface area contributed by atoms with Gasteiger partial charge >= 0.3 is 5.97 Å². The van der Waals surface area contributed by atoms with Crippen molar-refractivity contribution in [3.05, 3.63) is 0 Å². The molecule has 0 aliphatic heterocycles. The van der Waals surface area contributed by atoms with Crippen LogP contribution in [0.3, 0.4) is 0 Å². The number of nitrogens with one attached hydrogen (secondary N) is 1. The zero-order valence-corrected chi connectivity index (χ0v) is 15.8. The van der Waals surface area contributed by atoms with Crippen LogP contribution in [0.4, 0.5) is 0 Å². The molecule has 0 saturated carbocycles. The molecule has 0 bridgehead atoms. The molecule has 2 atom stereocenters. The monoisotopic (exact) mass is 336 g/mol. The Morgan fingerprint density at radius 2 is 1.50 bits per heavy atom. The quantitative estimate of drug-likeness (QED) is 0.700. The van der Waals surface area contributed by atoms with Crippen molar-refractivity contribution in [1.82, 2.24) is 5.32 Å². The summed E-state index contributed by atoms with van der Waals surface area (Å²) in [7, 11) is 0. The van der Waals surface area contributed by atoms with Crippen molar-refractivity contribution in [2.45, 2.75) is 79.0 Å². The molecule has 0 aromatic rings. The summed E-state index contributed by atoms with van der Waals surface area (Å²) >= 11 is 0. The molecule has 0 radical (unpaired) electrons. The van der Waals surface area contributed by atoms with Crippen molar-refractivity contribution in [1.29, 1.82) is 0 Å². The topological polar surface area (TPSA) is 81.4 Å². The molecule has 0 aliphatic carbocycles. The zero-order chi connectivity index (χ0) is 16.8. The van der Waals surface area contributed by atoms with Crippen molar-refractivity contribution >= 4 is 24.3 Å². The average molecular weight is 337 g/mol. The van der Waals surface area contributed by atoms with Crippen LogP contribution in [0.15, 0.2) is 0 Å². The average Bonchev–Trinajstić information content (AvgIpc) is 2.23. The minimum atomic E-state index is -0.644. The van der Waals surface area contributed by atoms with Crippen LogP contribution < -0.4 is 11.1 Å². The lowest BCUT2D eigenvalue weighted by atomic mass is 10.0. The molecule has 1 amide bonds. The van der Waals surface area contributed by atoms with Gasteiger partial charge in [-0.3, -0.25) is 4.79 Å². The highest BCUT2D eigenvalue weighted by Gasteiger charge is 2.28. The van der Waals surface area contributed by atoms with Gasteiger partial charge in [0.15, 0.2) is 0 Å². The van der Waals surface area contributed by atoms with Gasteiger partial charge in [0.2, 0.25) is 5.91 Å². The van der Waals surface area contributed by atoms with E-state index in [1.54, 1.807) is 0 Å². The predicted octanol–water partition coefficient (Wildman–Crippen LogP) is 2.65. The van der Waals surface area contributed by atoms with Gasteiger partial charge in [-0.15, -0.1) is 12.4 Å². The van der Waals surface area contributed by atoms with E-state index in [9.17, 15) is 9.59 Å². The highest BCUT2D eigenvalue weighted by molar-refractivity contribution is 5.87. The molecule has 0 heterocycles. The summed E-state index contributed by atoms with van der Waals surface area (Å²) in [5, 5.41) is 2.74. The lowest BCUT2D eigenvalue weighted by molar-refractivity contribution is -0.159. The van der Waals surface area contributed by atoms with Crippen molar-refractivity contribution in [3.8, 4) is 0 Å². The third kappa shape index (κ3) is 10.9. The van der Waals surface area contributed by atoms with E-state index in [1.165, 1.54) is 0 Å². The third-order valence-electron chi connectivity index (χ3n) is 2.78. The Labute approximate surface area is 141 Å². The van der Waals surface area contributed by atoms with Crippen LogP contribution >= 0.6 is 12.4 Å². The van der Waals surface area contributed by atoms with E-state index in [4.69, 9.17) is 10.5 Å². The second-order valence-corrected chi connectivity index (χ2v) is 7.46. The fourth-order valence-electron chi connectivity index (χ4n) is 1.95. The molecule has 0 fully saturated rings. The van der Waals surface area contributed by atoms with Gasteiger partial charge in [-0.2, -0.15) is 0 Å². The lowest BCUT2D eigenvalue weighted by Gasteiger charge is -2.26. The van der Waals surface area contributed by atoms with E-state index >= 15 is 0 Å². The molecule has 132 valence electrons. The molecule has 0 rings (SSSR count). The summed E-state index contributed by atoms with van der Waals surface area (Å²) in [6.07, 6.45) is 1.13. The first kappa shape index (κ1) is 23.5. The third-order valence-corrected chi connectivity index (χ3v) is 2.78. The Kier molecular flexibility index (Phi) is 10.7. The van der Waals surface area contributed by atoms with Crippen LogP contribution in [0, 0.1) is 11.8 Å². The maximum Gasteiger partial charge on any atom is 0.329 e. The number of halogens is 1. The number of hydrogen-bond donors (Lipinski definition) is 2. The Balaban J connectivity index is 0. The van der Waals surface area contributed by atoms with Crippen LogP contribution in [0.5, 0.6) is 0 Å². The van der Waals surface area contributed by atoms with Crippen molar-refractivity contribution in [2.24, 2.45) is 17.6 Å². The minimum Gasteiger partial charge on any atom is -0.458 e. The number of rotatable bonds is 7. The van der Waals surface area contributed by atoms with E-state index in [0.29, 0.717) is 18.8 Å². The maximum absolute atomic E-state index is 12.2. The molecular weight excluding hydrogens is 304 g/mol. The Bertz CT molecular complexity index is 352. The van der Waals surface area contributed by atoms with E-state index in [2.05, 4.69) is 5.32 Å². The van der Waals surface area contributed by atoms with Gasteiger partial charge in [0, 0.05) is 0 Å². The van der Waals surface area contributed by atoms with Gasteiger partial charge in [0.1, 0.15) is 11.6 Å². The minimum absolute atomic E-state index is 0. The maximum atomic E-state index is 12.2. The highest BCUT2D eigenvalue weighted by atomic mass is 35.5. The van der Waals surface area contributed by atoms with Crippen molar-refractivity contribution in [2.75, 3.05) is 0 Å². The standard InChI is InChI=1S/C16H32N2O3.ClH/c1-10(2)8-12(17)14(19)18-13(9-11(3)4)15(20)21-16(5,6)7;/h10-13H,8-9,17H2,1-7H3,(H,18,19);1H/t12-,13-;/m0./s1. The molecule has 0 aromatic heterocycles. The highest BCUT2D eigenvalue weighted by Crippen LogP contribution is 2.13. The van der Waals surface area contributed by atoms with E-state index < -0.39 is 23.7 Å². The van der Waals surface area contributed by atoms with E-state index in [1.807, 2.05) is 48.5 Å². The van der Waals surface area contributed by atoms with Crippen LogP contribution in [0.2, 0.25) is 0 Å². The Hall–Kier alpha value is -0.810. The molecule has 6 heteroatoms. The summed E-state index contributed by atoms with van der Waals surface area (Å²) in [5.74, 6) is -0.0959. The first-order chi connectivity index (χ1) is 9.42. The second kappa shape index (κ2) is 10.1. The molecule has 0 aliphatic rings. The molecule has 5 nitrogen and oxygen atoms in total. The Morgan fingerprint density at radius 3 is 1.86 bits per heavy atom. The van der Waals surface area contributed by atoms with Crippen molar-refractivity contribution in [3.63, 3.8) is 0 Å². The van der Waals surface area contributed by atoms with Gasteiger partial charge in [0.05, 0.1) is 6.04 Å². The fraction of sp³-hybridized carbons (Fsp3) is 0.875. The first-order valence-electron chi connectivity index (χ1n) is 7.71. The number of esters is 1. The Morgan fingerprint density at radius 1 is 1.05 bits per heavy atom. The molecule has 0 unspecified atom stereocenters.